The van der Waals surface area contributed by atoms with Crippen LogP contribution in [0.2, 0.25) is 0 Å². The van der Waals surface area contributed by atoms with Crippen molar-refractivity contribution in [2.24, 2.45) is 0 Å². The molecule has 0 fully saturated rings. The number of esters is 2. The summed E-state index contributed by atoms with van der Waals surface area (Å²) in [4.78, 5) is 22.8. The Hall–Kier alpha value is -2.10. The van der Waals surface area contributed by atoms with Crippen LogP contribution >= 0.6 is 0 Å². The average molecular weight is 276 g/mol. The lowest BCUT2D eigenvalue weighted by molar-refractivity contribution is -0.138. The third kappa shape index (κ3) is 4.88. The third-order valence-electron chi connectivity index (χ3n) is 2.55. The van der Waals surface area contributed by atoms with Crippen molar-refractivity contribution in [1.82, 2.24) is 0 Å². The minimum absolute atomic E-state index is 0.137. The summed E-state index contributed by atoms with van der Waals surface area (Å²) in [6.45, 7) is 8.07. The first kappa shape index (κ1) is 16.0. The molecular formula is C16H20O4. The van der Waals surface area contributed by atoms with Crippen molar-refractivity contribution in [2.75, 3.05) is 6.61 Å². The quantitative estimate of drug-likeness (QED) is 0.482. The molecule has 0 aliphatic heterocycles. The van der Waals surface area contributed by atoms with Crippen LogP contribution in [0.25, 0.3) is 0 Å². The van der Waals surface area contributed by atoms with E-state index in [4.69, 9.17) is 4.74 Å². The second kappa shape index (κ2) is 6.89. The molecule has 0 unspecified atom stereocenters. The molecule has 0 atom stereocenters. The Morgan fingerprint density at radius 1 is 1.10 bits per heavy atom. The Labute approximate surface area is 119 Å². The van der Waals surface area contributed by atoms with Crippen LogP contribution in [0, 0.1) is 0 Å². The van der Waals surface area contributed by atoms with Crippen LogP contribution in [0.15, 0.2) is 36.4 Å². The largest absolute Gasteiger partial charge is 0.463 e. The third-order valence-corrected chi connectivity index (χ3v) is 2.55. The second-order valence-corrected chi connectivity index (χ2v) is 5.25. The Morgan fingerprint density at radius 3 is 2.30 bits per heavy atom. The van der Waals surface area contributed by atoms with Gasteiger partial charge >= 0.3 is 11.9 Å². The summed E-state index contributed by atoms with van der Waals surface area (Å²) in [5.74, 6) is -0.665. The highest BCUT2D eigenvalue weighted by molar-refractivity contribution is 5.92. The van der Waals surface area contributed by atoms with Crippen LogP contribution in [0.3, 0.4) is 0 Å². The number of carbonyl (C=O) groups is 2. The minimum atomic E-state index is -0.602. The first-order valence-electron chi connectivity index (χ1n) is 6.50. The van der Waals surface area contributed by atoms with Crippen molar-refractivity contribution in [3.8, 4) is 5.75 Å². The Kier molecular flexibility index (Phi) is 5.50. The van der Waals surface area contributed by atoms with E-state index in [2.05, 4.69) is 4.74 Å². The molecule has 1 rings (SSSR count). The van der Waals surface area contributed by atoms with Gasteiger partial charge in [-0.15, -0.1) is 0 Å². The summed E-state index contributed by atoms with van der Waals surface area (Å²) in [6.07, 6.45) is 2.13. The van der Waals surface area contributed by atoms with Gasteiger partial charge in [0.25, 0.3) is 0 Å². The fourth-order valence-corrected chi connectivity index (χ4v) is 1.64. The van der Waals surface area contributed by atoms with Gasteiger partial charge < -0.3 is 9.47 Å². The maximum atomic E-state index is 11.7. The van der Waals surface area contributed by atoms with E-state index in [1.54, 1.807) is 19.1 Å². The van der Waals surface area contributed by atoms with E-state index in [0.29, 0.717) is 5.75 Å². The summed E-state index contributed by atoms with van der Waals surface area (Å²) in [6, 6.07) is 7.34. The standard InChI is InChI=1S/C16H20O4/c1-5-19-14(17)10-11-15(18)20-13-9-7-6-8-12(13)16(2,3)4/h6-11H,5H2,1-4H3/b11-10+. The van der Waals surface area contributed by atoms with E-state index in [1.165, 1.54) is 0 Å². The van der Waals surface area contributed by atoms with Gasteiger partial charge in [-0.2, -0.15) is 0 Å². The lowest BCUT2D eigenvalue weighted by Gasteiger charge is -2.21. The van der Waals surface area contributed by atoms with Gasteiger partial charge in [-0.05, 0) is 18.4 Å². The molecular weight excluding hydrogens is 256 g/mol. The zero-order chi connectivity index (χ0) is 15.2. The maximum absolute atomic E-state index is 11.7. The molecule has 20 heavy (non-hydrogen) atoms. The predicted molar refractivity (Wildman–Crippen MR) is 76.6 cm³/mol. The number of benzene rings is 1. The summed E-state index contributed by atoms with van der Waals surface area (Å²) < 4.78 is 9.95. The first-order valence-corrected chi connectivity index (χ1v) is 6.50. The highest BCUT2D eigenvalue weighted by Gasteiger charge is 2.19. The number of ether oxygens (including phenoxy) is 2. The van der Waals surface area contributed by atoms with Gasteiger partial charge in [0, 0.05) is 17.7 Å². The van der Waals surface area contributed by atoms with E-state index in [0.717, 1.165) is 17.7 Å². The summed E-state index contributed by atoms with van der Waals surface area (Å²) in [7, 11) is 0. The molecule has 0 bridgehead atoms. The number of para-hydroxylation sites is 1. The normalized spacial score (nSPS) is 11.4. The van der Waals surface area contributed by atoms with Gasteiger partial charge in [0.05, 0.1) is 6.61 Å². The van der Waals surface area contributed by atoms with Gasteiger partial charge in [-0.3, -0.25) is 0 Å². The predicted octanol–water partition coefficient (Wildman–Crippen LogP) is 3.01. The lowest BCUT2D eigenvalue weighted by Crippen LogP contribution is -2.15. The molecule has 0 saturated carbocycles. The fraction of sp³-hybridized carbons (Fsp3) is 0.375. The molecule has 4 heteroatoms. The topological polar surface area (TPSA) is 52.6 Å². The van der Waals surface area contributed by atoms with Crippen LogP contribution in [-0.4, -0.2) is 18.5 Å². The van der Waals surface area contributed by atoms with Gasteiger partial charge in [0.1, 0.15) is 5.75 Å². The smallest absolute Gasteiger partial charge is 0.336 e. The molecule has 1 aromatic carbocycles. The molecule has 0 amide bonds. The highest BCUT2D eigenvalue weighted by atomic mass is 16.5. The molecule has 0 aliphatic rings. The molecule has 0 N–H and O–H groups in total. The number of hydrogen-bond acceptors (Lipinski definition) is 4. The molecule has 0 aliphatic carbocycles. The Balaban J connectivity index is 2.79. The zero-order valence-electron chi connectivity index (χ0n) is 12.3. The zero-order valence-corrected chi connectivity index (χ0v) is 12.3. The molecule has 0 aromatic heterocycles. The van der Waals surface area contributed by atoms with E-state index in [-0.39, 0.29) is 12.0 Å². The molecule has 0 heterocycles. The SMILES string of the molecule is CCOC(=O)/C=C/C(=O)Oc1ccccc1C(C)(C)C. The lowest BCUT2D eigenvalue weighted by atomic mass is 9.86. The summed E-state index contributed by atoms with van der Waals surface area (Å²) in [5, 5.41) is 0. The molecule has 0 radical (unpaired) electrons. The maximum Gasteiger partial charge on any atom is 0.336 e. The van der Waals surface area contributed by atoms with Crippen LogP contribution in [0.1, 0.15) is 33.3 Å². The second-order valence-electron chi connectivity index (χ2n) is 5.25. The van der Waals surface area contributed by atoms with Gasteiger partial charge in [0.15, 0.2) is 0 Å². The first-order chi connectivity index (χ1) is 9.34. The number of carbonyl (C=O) groups excluding carboxylic acids is 2. The molecule has 108 valence electrons. The van der Waals surface area contributed by atoms with Crippen molar-refractivity contribution >= 4 is 11.9 Å². The van der Waals surface area contributed by atoms with Crippen molar-refractivity contribution < 1.29 is 19.1 Å². The molecule has 0 saturated heterocycles. The van der Waals surface area contributed by atoms with E-state index in [9.17, 15) is 9.59 Å². The Bertz CT molecular complexity index is 509. The van der Waals surface area contributed by atoms with E-state index < -0.39 is 11.9 Å². The van der Waals surface area contributed by atoms with Crippen molar-refractivity contribution in [3.05, 3.63) is 42.0 Å². The Morgan fingerprint density at radius 2 is 1.70 bits per heavy atom. The van der Waals surface area contributed by atoms with Crippen LogP contribution in [0.5, 0.6) is 5.75 Å². The van der Waals surface area contributed by atoms with Crippen molar-refractivity contribution in [2.45, 2.75) is 33.1 Å². The van der Waals surface area contributed by atoms with Crippen LogP contribution in [-0.2, 0) is 19.7 Å². The molecule has 4 nitrogen and oxygen atoms in total. The summed E-state index contributed by atoms with van der Waals surface area (Å²) in [5.41, 5.74) is 0.791. The molecule has 1 aromatic rings. The summed E-state index contributed by atoms with van der Waals surface area (Å²) >= 11 is 0. The fourth-order valence-electron chi connectivity index (χ4n) is 1.64. The van der Waals surface area contributed by atoms with E-state index in [1.807, 2.05) is 32.9 Å². The van der Waals surface area contributed by atoms with Gasteiger partial charge in [-0.25, -0.2) is 9.59 Å². The monoisotopic (exact) mass is 276 g/mol. The van der Waals surface area contributed by atoms with Gasteiger partial charge in [0.2, 0.25) is 0 Å². The number of rotatable bonds is 4. The average Bonchev–Trinajstić information content (AvgIpc) is 2.36. The molecule has 0 spiro atoms. The van der Waals surface area contributed by atoms with Crippen LogP contribution < -0.4 is 4.74 Å². The highest BCUT2D eigenvalue weighted by Crippen LogP contribution is 2.30. The minimum Gasteiger partial charge on any atom is -0.463 e. The van der Waals surface area contributed by atoms with E-state index >= 15 is 0 Å². The van der Waals surface area contributed by atoms with Gasteiger partial charge in [-0.1, -0.05) is 39.0 Å². The van der Waals surface area contributed by atoms with Crippen molar-refractivity contribution in [1.29, 1.82) is 0 Å². The van der Waals surface area contributed by atoms with Crippen LogP contribution in [0.4, 0.5) is 0 Å². The number of hydrogen-bond donors (Lipinski definition) is 0. The van der Waals surface area contributed by atoms with Crippen molar-refractivity contribution in [3.63, 3.8) is 0 Å².